The minimum absolute atomic E-state index is 0. The summed E-state index contributed by atoms with van der Waals surface area (Å²) in [5, 5.41) is 0. The smallest absolute Gasteiger partial charge is 0.0443 e. The topological polar surface area (TPSA) is 6.48 Å². The van der Waals surface area contributed by atoms with Gasteiger partial charge in [0.1, 0.15) is 0 Å². The maximum Gasteiger partial charge on any atom is 0.0443 e. The molecule has 152 valence electrons. The first-order valence-electron chi connectivity index (χ1n) is 10.7. The molecule has 1 aromatic rings. The summed E-state index contributed by atoms with van der Waals surface area (Å²) in [4.78, 5) is 5.25. The second-order valence-corrected chi connectivity index (χ2v) is 9.27. The van der Waals surface area contributed by atoms with E-state index in [0.29, 0.717) is 5.41 Å². The van der Waals surface area contributed by atoms with E-state index >= 15 is 0 Å². The summed E-state index contributed by atoms with van der Waals surface area (Å²) in [5.41, 5.74) is 4.95. The van der Waals surface area contributed by atoms with Crippen molar-refractivity contribution in [1.29, 1.82) is 0 Å². The van der Waals surface area contributed by atoms with Crippen molar-refractivity contribution < 1.29 is 0 Å². The summed E-state index contributed by atoms with van der Waals surface area (Å²) in [6.07, 6.45) is 8.96. The van der Waals surface area contributed by atoms with Gasteiger partial charge in [0.25, 0.3) is 0 Å². The molecule has 1 unspecified atom stereocenters. The molecule has 0 saturated carbocycles. The fourth-order valence-electron chi connectivity index (χ4n) is 4.48. The van der Waals surface area contributed by atoms with Crippen LogP contribution in [0.3, 0.4) is 0 Å². The van der Waals surface area contributed by atoms with E-state index in [9.17, 15) is 0 Å². The van der Waals surface area contributed by atoms with Crippen LogP contribution in [0.4, 0.5) is 5.69 Å². The number of unbranched alkanes of at least 4 members (excludes halogenated alkanes) is 1. The average molecular weight is 391 g/mol. The third kappa shape index (κ3) is 5.74. The first kappa shape index (κ1) is 22.3. The van der Waals surface area contributed by atoms with Gasteiger partial charge in [-0.05, 0) is 55.2 Å². The number of para-hydroxylation sites is 1. The zero-order valence-electron chi connectivity index (χ0n) is 17.8. The summed E-state index contributed by atoms with van der Waals surface area (Å²) in [5.74, 6) is 0.820. The highest BCUT2D eigenvalue weighted by molar-refractivity contribution is 5.85. The van der Waals surface area contributed by atoms with Crippen LogP contribution in [0, 0.1) is 11.3 Å². The molecular formula is C24H39ClN2. The second-order valence-electron chi connectivity index (χ2n) is 9.27. The summed E-state index contributed by atoms with van der Waals surface area (Å²) < 4.78 is 0. The summed E-state index contributed by atoms with van der Waals surface area (Å²) >= 11 is 0. The molecule has 0 N–H and O–H groups in total. The van der Waals surface area contributed by atoms with Gasteiger partial charge in [0.05, 0.1) is 0 Å². The van der Waals surface area contributed by atoms with Gasteiger partial charge in [-0.1, -0.05) is 58.4 Å². The summed E-state index contributed by atoms with van der Waals surface area (Å²) in [6, 6.07) is 9.12. The van der Waals surface area contributed by atoms with Crippen LogP contribution >= 0.6 is 12.4 Å². The molecule has 1 aliphatic heterocycles. The van der Waals surface area contributed by atoms with E-state index in [0.717, 1.165) is 5.92 Å². The zero-order chi connectivity index (χ0) is 18.6. The van der Waals surface area contributed by atoms with Gasteiger partial charge in [0.2, 0.25) is 0 Å². The number of hydrogen-bond acceptors (Lipinski definition) is 2. The number of piperazine rings is 1. The first-order chi connectivity index (χ1) is 12.5. The van der Waals surface area contributed by atoms with E-state index in [2.05, 4.69) is 67.8 Å². The Morgan fingerprint density at radius 1 is 1.04 bits per heavy atom. The van der Waals surface area contributed by atoms with Crippen LogP contribution in [0.25, 0.3) is 5.57 Å². The largest absolute Gasteiger partial charge is 0.368 e. The molecule has 0 spiro atoms. The van der Waals surface area contributed by atoms with E-state index in [1.54, 1.807) is 5.57 Å². The molecule has 0 radical (unpaired) electrons. The Balaban J connectivity index is 0.00000261. The number of nitrogens with zero attached hydrogens (tertiary/aromatic N) is 2. The van der Waals surface area contributed by atoms with Gasteiger partial charge in [-0.3, -0.25) is 4.90 Å². The summed E-state index contributed by atoms with van der Waals surface area (Å²) in [6.45, 7) is 15.5. The van der Waals surface area contributed by atoms with Crippen LogP contribution in [0.2, 0.25) is 0 Å². The molecule has 2 nitrogen and oxygen atoms in total. The van der Waals surface area contributed by atoms with Gasteiger partial charge in [0, 0.05) is 37.4 Å². The molecular weight excluding hydrogens is 352 g/mol. The molecule has 3 heteroatoms. The van der Waals surface area contributed by atoms with Gasteiger partial charge in [-0.25, -0.2) is 0 Å². The van der Waals surface area contributed by atoms with Crippen LogP contribution in [-0.4, -0.2) is 37.6 Å². The van der Waals surface area contributed by atoms with Gasteiger partial charge >= 0.3 is 0 Å². The predicted molar refractivity (Wildman–Crippen MR) is 122 cm³/mol. The van der Waals surface area contributed by atoms with Crippen molar-refractivity contribution in [1.82, 2.24) is 4.90 Å². The second kappa shape index (κ2) is 9.98. The van der Waals surface area contributed by atoms with Crippen LogP contribution in [0.5, 0.6) is 0 Å². The van der Waals surface area contributed by atoms with Crippen molar-refractivity contribution in [3.05, 3.63) is 35.9 Å². The van der Waals surface area contributed by atoms with Crippen molar-refractivity contribution >= 4 is 23.7 Å². The van der Waals surface area contributed by atoms with E-state index < -0.39 is 0 Å². The van der Waals surface area contributed by atoms with Crippen LogP contribution < -0.4 is 4.90 Å². The molecule has 1 fully saturated rings. The van der Waals surface area contributed by atoms with Crippen LogP contribution in [-0.2, 0) is 0 Å². The lowest BCUT2D eigenvalue weighted by atomic mass is 9.72. The Bertz CT molecular complexity index is 609. The zero-order valence-corrected chi connectivity index (χ0v) is 18.7. The molecule has 2 aliphatic rings. The number of halogens is 1. The normalized spacial score (nSPS) is 21.6. The minimum Gasteiger partial charge on any atom is -0.368 e. The van der Waals surface area contributed by atoms with E-state index in [1.165, 1.54) is 76.1 Å². The monoisotopic (exact) mass is 390 g/mol. The van der Waals surface area contributed by atoms with E-state index in [-0.39, 0.29) is 12.4 Å². The highest BCUT2D eigenvalue weighted by Gasteiger charge is 2.27. The lowest BCUT2D eigenvalue weighted by molar-refractivity contribution is 0.225. The van der Waals surface area contributed by atoms with E-state index in [4.69, 9.17) is 0 Å². The molecule has 1 saturated heterocycles. The van der Waals surface area contributed by atoms with Gasteiger partial charge in [0.15, 0.2) is 0 Å². The van der Waals surface area contributed by atoms with Crippen molar-refractivity contribution in [2.24, 2.45) is 11.3 Å². The lowest BCUT2D eigenvalue weighted by Crippen LogP contribution is -2.46. The molecule has 0 amide bonds. The number of benzene rings is 1. The number of allylic oxidation sites excluding steroid dienone is 2. The molecule has 1 atom stereocenters. The van der Waals surface area contributed by atoms with Crippen molar-refractivity contribution in [2.75, 3.05) is 37.6 Å². The Labute approximate surface area is 173 Å². The van der Waals surface area contributed by atoms with Crippen LogP contribution in [0.15, 0.2) is 30.3 Å². The molecule has 0 aromatic heterocycles. The number of rotatable bonds is 5. The van der Waals surface area contributed by atoms with Gasteiger partial charge in [-0.2, -0.15) is 0 Å². The Hall–Kier alpha value is -0.990. The molecule has 1 heterocycles. The lowest BCUT2D eigenvalue weighted by Gasteiger charge is -2.38. The van der Waals surface area contributed by atoms with Crippen molar-refractivity contribution in [3.63, 3.8) is 0 Å². The maximum atomic E-state index is 2.64. The standard InChI is InChI=1S/C24H38N2.ClH/c1-5-6-15-25-16-18-26(19-17-25)23-10-8-7-9-22(23)20-11-13-21(14-12-20)24(2,3)4;/h7-11,21H,5-6,12-19H2,1-4H3;1H. The van der Waals surface area contributed by atoms with Crippen LogP contribution in [0.1, 0.15) is 65.4 Å². The minimum atomic E-state index is 0. The molecule has 1 aliphatic carbocycles. The molecule has 3 rings (SSSR count). The predicted octanol–water partition coefficient (Wildman–Crippen LogP) is 6.26. The highest BCUT2D eigenvalue weighted by Crippen LogP contribution is 2.41. The molecule has 0 bridgehead atoms. The number of anilines is 1. The van der Waals surface area contributed by atoms with Crippen molar-refractivity contribution in [3.8, 4) is 0 Å². The Morgan fingerprint density at radius 3 is 2.33 bits per heavy atom. The fourth-order valence-corrected chi connectivity index (χ4v) is 4.48. The van der Waals surface area contributed by atoms with Crippen molar-refractivity contribution in [2.45, 2.75) is 59.8 Å². The number of hydrogen-bond donors (Lipinski definition) is 0. The summed E-state index contributed by atoms with van der Waals surface area (Å²) in [7, 11) is 0. The third-order valence-electron chi connectivity index (χ3n) is 6.43. The Kier molecular flexibility index (Phi) is 8.24. The molecule has 1 aromatic carbocycles. The first-order valence-corrected chi connectivity index (χ1v) is 10.7. The highest BCUT2D eigenvalue weighted by atomic mass is 35.5. The van der Waals surface area contributed by atoms with E-state index in [1.807, 2.05) is 0 Å². The third-order valence-corrected chi connectivity index (χ3v) is 6.43. The maximum absolute atomic E-state index is 2.64. The van der Waals surface area contributed by atoms with Gasteiger partial charge < -0.3 is 4.90 Å². The quantitative estimate of drug-likeness (QED) is 0.585. The molecule has 27 heavy (non-hydrogen) atoms. The van der Waals surface area contributed by atoms with Gasteiger partial charge in [-0.15, -0.1) is 12.4 Å². The average Bonchev–Trinajstić information content (AvgIpc) is 2.66. The Morgan fingerprint density at radius 2 is 1.74 bits per heavy atom. The fraction of sp³-hybridized carbons (Fsp3) is 0.667. The SMILES string of the molecule is CCCCN1CCN(c2ccccc2C2=CCC(C(C)(C)C)CC2)CC1.Cl.